The Morgan fingerprint density at radius 1 is 1.42 bits per heavy atom. The minimum Gasteiger partial charge on any atom is -0.477 e. The van der Waals surface area contributed by atoms with Crippen molar-refractivity contribution in [2.45, 2.75) is 45.4 Å². The van der Waals surface area contributed by atoms with Crippen LogP contribution in [0.25, 0.3) is 0 Å². The molecule has 3 N–H and O–H groups in total. The van der Waals surface area contributed by atoms with E-state index in [9.17, 15) is 9.59 Å². The van der Waals surface area contributed by atoms with Crippen LogP contribution in [0.4, 0.5) is 0 Å². The molecule has 1 aromatic heterocycles. The van der Waals surface area contributed by atoms with Crippen LogP contribution < -0.4 is 5.73 Å². The van der Waals surface area contributed by atoms with Crippen LogP contribution in [0.5, 0.6) is 0 Å². The fraction of sp³-hybridized carbons (Fsp3) is 0.583. The summed E-state index contributed by atoms with van der Waals surface area (Å²) in [6, 6.07) is 1.34. The van der Waals surface area contributed by atoms with Gasteiger partial charge in [-0.3, -0.25) is 4.68 Å². The average Bonchev–Trinajstić information content (AvgIpc) is 2.62. The highest BCUT2D eigenvalue weighted by Gasteiger charge is 2.35. The summed E-state index contributed by atoms with van der Waals surface area (Å²) in [6.07, 6.45) is 1.34. The lowest BCUT2D eigenvalue weighted by Crippen LogP contribution is -2.52. The molecule has 0 saturated carbocycles. The van der Waals surface area contributed by atoms with Gasteiger partial charge in [0.05, 0.1) is 6.54 Å². The molecule has 0 aliphatic heterocycles. The third-order valence-corrected chi connectivity index (χ3v) is 2.28. The van der Waals surface area contributed by atoms with Crippen LogP contribution in [0.3, 0.4) is 0 Å². The Morgan fingerprint density at radius 2 is 2.00 bits per heavy atom. The number of aromatic carboxylic acids is 1. The highest BCUT2D eigenvalue weighted by atomic mass is 16.6. The molecule has 0 spiro atoms. The van der Waals surface area contributed by atoms with Crippen LogP contribution in [0.2, 0.25) is 0 Å². The van der Waals surface area contributed by atoms with E-state index in [1.807, 2.05) is 0 Å². The van der Waals surface area contributed by atoms with Crippen molar-refractivity contribution in [1.82, 2.24) is 9.78 Å². The third kappa shape index (κ3) is 4.06. The molecule has 19 heavy (non-hydrogen) atoms. The van der Waals surface area contributed by atoms with Crippen molar-refractivity contribution in [3.05, 3.63) is 18.0 Å². The van der Waals surface area contributed by atoms with Crippen molar-refractivity contribution < 1.29 is 19.4 Å². The number of carbonyl (C=O) groups is 2. The number of hydrogen-bond acceptors (Lipinski definition) is 5. The Morgan fingerprint density at radius 3 is 2.47 bits per heavy atom. The number of ether oxygens (including phenoxy) is 1. The monoisotopic (exact) mass is 269 g/mol. The highest BCUT2D eigenvalue weighted by Crippen LogP contribution is 2.15. The number of rotatable bonds is 4. The molecule has 0 bridgehead atoms. The molecule has 1 atom stereocenters. The molecule has 0 fully saturated rings. The molecule has 0 aromatic carbocycles. The molecule has 7 nitrogen and oxygen atoms in total. The lowest BCUT2D eigenvalue weighted by atomic mass is 10.0. The topological polar surface area (TPSA) is 107 Å². The predicted molar refractivity (Wildman–Crippen MR) is 67.6 cm³/mol. The van der Waals surface area contributed by atoms with Crippen LogP contribution in [0, 0.1) is 0 Å². The van der Waals surface area contributed by atoms with Gasteiger partial charge in [0.25, 0.3) is 0 Å². The van der Waals surface area contributed by atoms with Crippen molar-refractivity contribution >= 4 is 11.9 Å². The smallest absolute Gasteiger partial charge is 0.354 e. The van der Waals surface area contributed by atoms with Crippen molar-refractivity contribution in [2.75, 3.05) is 0 Å². The van der Waals surface area contributed by atoms with Crippen molar-refractivity contribution in [2.24, 2.45) is 5.73 Å². The summed E-state index contributed by atoms with van der Waals surface area (Å²) >= 11 is 0. The fourth-order valence-corrected chi connectivity index (χ4v) is 1.41. The summed E-state index contributed by atoms with van der Waals surface area (Å²) in [7, 11) is 0. The number of nitrogens with zero attached hydrogens (tertiary/aromatic N) is 2. The largest absolute Gasteiger partial charge is 0.477 e. The molecule has 0 amide bonds. The number of hydrogen-bond donors (Lipinski definition) is 2. The van der Waals surface area contributed by atoms with Gasteiger partial charge in [-0.05, 0) is 33.8 Å². The highest BCUT2D eigenvalue weighted by molar-refractivity contribution is 5.86. The lowest BCUT2D eigenvalue weighted by Gasteiger charge is -2.28. The molecule has 1 rings (SSSR count). The van der Waals surface area contributed by atoms with Crippen LogP contribution in [0.15, 0.2) is 12.3 Å². The molecule has 0 unspecified atom stereocenters. The standard InChI is InChI=1S/C12H19N3O4/c1-11(2,3)19-10(18)12(4,13)7-15-8(9(16)17)5-6-14-15/h5-6H,7,13H2,1-4H3,(H,16,17)/t12-/m0/s1. The number of nitrogens with two attached hydrogens (primary N) is 1. The van der Waals surface area contributed by atoms with Gasteiger partial charge in [-0.25, -0.2) is 9.59 Å². The van der Waals surface area contributed by atoms with Crippen molar-refractivity contribution in [3.63, 3.8) is 0 Å². The van der Waals surface area contributed by atoms with Crippen LogP contribution in [0.1, 0.15) is 38.2 Å². The zero-order chi connectivity index (χ0) is 14.8. The second kappa shape index (κ2) is 5.00. The lowest BCUT2D eigenvalue weighted by molar-refractivity contribution is -0.161. The molecule has 106 valence electrons. The molecular formula is C12H19N3O4. The van der Waals surface area contributed by atoms with E-state index < -0.39 is 23.1 Å². The maximum Gasteiger partial charge on any atom is 0.354 e. The van der Waals surface area contributed by atoms with Crippen molar-refractivity contribution in [1.29, 1.82) is 0 Å². The van der Waals surface area contributed by atoms with E-state index in [-0.39, 0.29) is 12.2 Å². The maximum absolute atomic E-state index is 12.0. The first-order chi connectivity index (χ1) is 8.53. The number of carbonyl (C=O) groups excluding carboxylic acids is 1. The van der Waals surface area contributed by atoms with Crippen LogP contribution in [-0.4, -0.2) is 38.0 Å². The molecule has 7 heteroatoms. The minimum atomic E-state index is -1.36. The van der Waals surface area contributed by atoms with E-state index in [1.165, 1.54) is 23.9 Å². The quantitative estimate of drug-likeness (QED) is 0.777. The minimum absolute atomic E-state index is 0.0276. The zero-order valence-corrected chi connectivity index (χ0v) is 11.5. The van der Waals surface area contributed by atoms with E-state index >= 15 is 0 Å². The molecule has 0 aliphatic carbocycles. The van der Waals surface area contributed by atoms with Gasteiger partial charge in [-0.1, -0.05) is 0 Å². The van der Waals surface area contributed by atoms with Crippen molar-refractivity contribution in [3.8, 4) is 0 Å². The number of carboxylic acids is 1. The van der Waals surface area contributed by atoms with E-state index in [4.69, 9.17) is 15.6 Å². The van der Waals surface area contributed by atoms with E-state index in [0.717, 1.165) is 0 Å². The summed E-state index contributed by atoms with van der Waals surface area (Å²) in [6.45, 7) is 6.61. The van der Waals surface area contributed by atoms with Crippen LogP contribution >= 0.6 is 0 Å². The number of aromatic nitrogens is 2. The molecule has 1 heterocycles. The third-order valence-electron chi connectivity index (χ3n) is 2.28. The summed E-state index contributed by atoms with van der Waals surface area (Å²) in [5.74, 6) is -1.73. The second-order valence-electron chi connectivity index (χ2n) is 5.60. The summed E-state index contributed by atoms with van der Waals surface area (Å²) < 4.78 is 6.37. The first-order valence-corrected chi connectivity index (χ1v) is 5.80. The van der Waals surface area contributed by atoms with Gasteiger partial charge >= 0.3 is 11.9 Å². The fourth-order valence-electron chi connectivity index (χ4n) is 1.41. The summed E-state index contributed by atoms with van der Waals surface area (Å²) in [4.78, 5) is 22.9. The molecule has 0 radical (unpaired) electrons. The van der Waals surface area contributed by atoms with Gasteiger partial charge < -0.3 is 15.6 Å². The van der Waals surface area contributed by atoms with Gasteiger partial charge in [0, 0.05) is 6.20 Å². The Kier molecular flexibility index (Phi) is 4.00. The van der Waals surface area contributed by atoms with Crippen LogP contribution in [-0.2, 0) is 16.1 Å². The van der Waals surface area contributed by atoms with Gasteiger partial charge in [0.1, 0.15) is 16.8 Å². The normalized spacial score (nSPS) is 14.8. The number of carboxylic acid groups (broad SMARTS) is 1. The Bertz CT molecular complexity index is 485. The Labute approximate surface area is 111 Å². The summed E-state index contributed by atoms with van der Waals surface area (Å²) in [5.41, 5.74) is 3.86. The van der Waals surface area contributed by atoms with Gasteiger partial charge in [-0.2, -0.15) is 5.10 Å². The SMILES string of the molecule is CC(C)(C)OC(=O)[C@@](C)(N)Cn1nccc1C(=O)O. The average molecular weight is 269 g/mol. The molecule has 1 aromatic rings. The van der Waals surface area contributed by atoms with E-state index in [1.54, 1.807) is 20.8 Å². The van der Waals surface area contributed by atoms with E-state index in [0.29, 0.717) is 0 Å². The number of esters is 1. The molecule has 0 aliphatic rings. The van der Waals surface area contributed by atoms with Gasteiger partial charge in [0.2, 0.25) is 0 Å². The Balaban J connectivity index is 2.87. The van der Waals surface area contributed by atoms with Gasteiger partial charge in [-0.15, -0.1) is 0 Å². The van der Waals surface area contributed by atoms with Gasteiger partial charge in [0.15, 0.2) is 0 Å². The first kappa shape index (κ1) is 15.2. The second-order valence-corrected chi connectivity index (χ2v) is 5.60. The zero-order valence-electron chi connectivity index (χ0n) is 11.5. The predicted octanol–water partition coefficient (Wildman–Crippen LogP) is 0.640. The Hall–Kier alpha value is -1.89. The first-order valence-electron chi connectivity index (χ1n) is 5.80. The van der Waals surface area contributed by atoms with E-state index in [2.05, 4.69) is 5.10 Å². The molecule has 0 saturated heterocycles. The maximum atomic E-state index is 12.0. The summed E-state index contributed by atoms with van der Waals surface area (Å²) in [5, 5.41) is 12.8. The molecular weight excluding hydrogens is 250 g/mol.